The molecular weight excluding hydrogens is 415 g/mol. The van der Waals surface area contributed by atoms with Crippen LogP contribution in [-0.2, 0) is 16.4 Å². The highest BCUT2D eigenvalue weighted by atomic mass is 32.2. The van der Waals surface area contributed by atoms with E-state index in [1.54, 1.807) is 25.1 Å². The Morgan fingerprint density at radius 3 is 2.45 bits per heavy atom. The lowest BCUT2D eigenvalue weighted by Gasteiger charge is -2.15. The molecule has 0 aromatic heterocycles. The SMILES string of the molecule is Cc1cccc(NC(=O)c2cc(S(=O)(=O)NC(C)CCc3ccccc3)ccc2F)c1. The number of aryl methyl sites for hydroxylation is 2. The van der Waals surface area contributed by atoms with Gasteiger partial charge in [0.05, 0.1) is 10.5 Å². The van der Waals surface area contributed by atoms with Crippen LogP contribution in [-0.4, -0.2) is 20.4 Å². The molecule has 0 spiro atoms. The van der Waals surface area contributed by atoms with Crippen LogP contribution >= 0.6 is 0 Å². The summed E-state index contributed by atoms with van der Waals surface area (Å²) in [5, 5.41) is 2.60. The number of carbonyl (C=O) groups is 1. The number of benzene rings is 3. The number of hydrogen-bond donors (Lipinski definition) is 2. The maximum Gasteiger partial charge on any atom is 0.258 e. The second-order valence-electron chi connectivity index (χ2n) is 7.51. The summed E-state index contributed by atoms with van der Waals surface area (Å²) in [7, 11) is -3.91. The minimum atomic E-state index is -3.91. The molecule has 162 valence electrons. The zero-order valence-corrected chi connectivity index (χ0v) is 18.2. The van der Waals surface area contributed by atoms with Crippen LogP contribution in [0.1, 0.15) is 34.8 Å². The van der Waals surface area contributed by atoms with Crippen LogP contribution in [0.25, 0.3) is 0 Å². The molecule has 1 amide bonds. The molecule has 1 unspecified atom stereocenters. The molecule has 31 heavy (non-hydrogen) atoms. The lowest BCUT2D eigenvalue weighted by molar-refractivity contribution is 0.102. The van der Waals surface area contributed by atoms with E-state index >= 15 is 0 Å². The zero-order valence-electron chi connectivity index (χ0n) is 17.4. The minimum absolute atomic E-state index is 0.158. The standard InChI is InChI=1S/C24H25FN2O3S/c1-17-7-6-10-20(15-17)26-24(28)22-16-21(13-14-23(22)25)31(29,30)27-18(2)11-12-19-8-4-3-5-9-19/h3-10,13-16,18,27H,11-12H2,1-2H3,(H,26,28). The van der Waals surface area contributed by atoms with E-state index < -0.39 is 21.7 Å². The van der Waals surface area contributed by atoms with E-state index in [4.69, 9.17) is 0 Å². The van der Waals surface area contributed by atoms with Crippen molar-refractivity contribution in [3.05, 3.63) is 95.3 Å². The molecule has 3 aromatic carbocycles. The van der Waals surface area contributed by atoms with Crippen LogP contribution in [0.3, 0.4) is 0 Å². The summed E-state index contributed by atoms with van der Waals surface area (Å²) in [5.41, 5.74) is 2.22. The summed E-state index contributed by atoms with van der Waals surface area (Å²) in [6.07, 6.45) is 1.32. The third-order valence-corrected chi connectivity index (χ3v) is 6.42. The topological polar surface area (TPSA) is 75.3 Å². The van der Waals surface area contributed by atoms with Crippen molar-refractivity contribution in [2.24, 2.45) is 0 Å². The second-order valence-corrected chi connectivity index (χ2v) is 9.23. The molecule has 3 rings (SSSR count). The minimum Gasteiger partial charge on any atom is -0.322 e. The van der Waals surface area contributed by atoms with Crippen molar-refractivity contribution in [3.8, 4) is 0 Å². The highest BCUT2D eigenvalue weighted by Gasteiger charge is 2.21. The van der Waals surface area contributed by atoms with Gasteiger partial charge in [0.25, 0.3) is 5.91 Å². The van der Waals surface area contributed by atoms with Gasteiger partial charge in [0.2, 0.25) is 10.0 Å². The molecule has 0 aliphatic carbocycles. The van der Waals surface area contributed by atoms with Crippen LogP contribution in [0, 0.1) is 12.7 Å². The number of rotatable bonds is 8. The maximum absolute atomic E-state index is 14.3. The molecule has 2 N–H and O–H groups in total. The zero-order chi connectivity index (χ0) is 22.4. The fraction of sp³-hybridized carbons (Fsp3) is 0.208. The van der Waals surface area contributed by atoms with Gasteiger partial charge in [0.15, 0.2) is 0 Å². The first-order valence-corrected chi connectivity index (χ1v) is 11.5. The van der Waals surface area contributed by atoms with Crippen molar-refractivity contribution in [2.75, 3.05) is 5.32 Å². The molecule has 0 aliphatic rings. The van der Waals surface area contributed by atoms with E-state index in [9.17, 15) is 17.6 Å². The van der Waals surface area contributed by atoms with Gasteiger partial charge in [-0.3, -0.25) is 4.79 Å². The summed E-state index contributed by atoms with van der Waals surface area (Å²) in [6.45, 7) is 3.64. The largest absolute Gasteiger partial charge is 0.322 e. The fourth-order valence-corrected chi connectivity index (χ4v) is 4.49. The van der Waals surface area contributed by atoms with Crippen molar-refractivity contribution in [1.82, 2.24) is 4.72 Å². The van der Waals surface area contributed by atoms with Crippen LogP contribution in [0.4, 0.5) is 10.1 Å². The van der Waals surface area contributed by atoms with Crippen LogP contribution in [0.5, 0.6) is 0 Å². The maximum atomic E-state index is 14.3. The van der Waals surface area contributed by atoms with E-state index in [1.165, 1.54) is 0 Å². The summed E-state index contributed by atoms with van der Waals surface area (Å²) < 4.78 is 42.4. The first-order valence-electron chi connectivity index (χ1n) is 9.98. The van der Waals surface area contributed by atoms with Crippen LogP contribution < -0.4 is 10.0 Å². The number of carbonyl (C=O) groups excluding carboxylic acids is 1. The van der Waals surface area contributed by atoms with Crippen molar-refractivity contribution in [1.29, 1.82) is 0 Å². The van der Waals surface area contributed by atoms with E-state index in [0.717, 1.165) is 35.7 Å². The third-order valence-electron chi connectivity index (χ3n) is 4.83. The lowest BCUT2D eigenvalue weighted by atomic mass is 10.1. The second kappa shape index (κ2) is 9.85. The Morgan fingerprint density at radius 2 is 1.74 bits per heavy atom. The molecule has 0 bridgehead atoms. The first kappa shape index (κ1) is 22.7. The number of sulfonamides is 1. The number of hydrogen-bond acceptors (Lipinski definition) is 3. The predicted molar refractivity (Wildman–Crippen MR) is 120 cm³/mol. The Kier molecular flexibility index (Phi) is 7.20. The molecule has 5 nitrogen and oxygen atoms in total. The molecule has 7 heteroatoms. The summed E-state index contributed by atoms with van der Waals surface area (Å²) in [4.78, 5) is 12.4. The number of nitrogens with one attached hydrogen (secondary N) is 2. The highest BCUT2D eigenvalue weighted by Crippen LogP contribution is 2.18. The Bertz CT molecular complexity index is 1160. The van der Waals surface area contributed by atoms with Crippen LogP contribution in [0.2, 0.25) is 0 Å². The molecule has 3 aromatic rings. The van der Waals surface area contributed by atoms with Gasteiger partial charge in [-0.1, -0.05) is 42.5 Å². The van der Waals surface area contributed by atoms with E-state index in [0.29, 0.717) is 12.1 Å². The third kappa shape index (κ3) is 6.23. The Labute approximate surface area is 182 Å². The average molecular weight is 441 g/mol. The highest BCUT2D eigenvalue weighted by molar-refractivity contribution is 7.89. The first-order chi connectivity index (χ1) is 14.7. The molecule has 0 saturated heterocycles. The van der Waals surface area contributed by atoms with Gasteiger partial charge in [-0.2, -0.15) is 0 Å². The van der Waals surface area contributed by atoms with Gasteiger partial charge in [-0.15, -0.1) is 0 Å². The van der Waals surface area contributed by atoms with E-state index in [1.807, 2.05) is 43.3 Å². The summed E-state index contributed by atoms with van der Waals surface area (Å²) >= 11 is 0. The predicted octanol–water partition coefficient (Wildman–Crippen LogP) is 4.69. The monoisotopic (exact) mass is 440 g/mol. The average Bonchev–Trinajstić information content (AvgIpc) is 2.73. The van der Waals surface area contributed by atoms with Crippen molar-refractivity contribution in [2.45, 2.75) is 37.6 Å². The molecule has 0 radical (unpaired) electrons. The van der Waals surface area contributed by atoms with Gasteiger partial charge >= 0.3 is 0 Å². The lowest BCUT2D eigenvalue weighted by Crippen LogP contribution is -2.33. The fourth-order valence-electron chi connectivity index (χ4n) is 3.19. The summed E-state index contributed by atoms with van der Waals surface area (Å²) in [6, 6.07) is 19.7. The Hall–Kier alpha value is -3.03. The summed E-state index contributed by atoms with van der Waals surface area (Å²) in [5.74, 6) is -1.50. The van der Waals surface area contributed by atoms with Gasteiger partial charge < -0.3 is 5.32 Å². The number of amides is 1. The normalized spacial score (nSPS) is 12.4. The Balaban J connectivity index is 1.72. The van der Waals surface area contributed by atoms with E-state index in [2.05, 4.69) is 10.0 Å². The van der Waals surface area contributed by atoms with Crippen LogP contribution in [0.15, 0.2) is 77.7 Å². The van der Waals surface area contributed by atoms with Gasteiger partial charge in [0.1, 0.15) is 5.82 Å². The molecule has 0 heterocycles. The molecule has 1 atom stereocenters. The van der Waals surface area contributed by atoms with Crippen molar-refractivity contribution >= 4 is 21.6 Å². The number of halogens is 1. The smallest absolute Gasteiger partial charge is 0.258 e. The van der Waals surface area contributed by atoms with Crippen molar-refractivity contribution in [3.63, 3.8) is 0 Å². The van der Waals surface area contributed by atoms with Crippen molar-refractivity contribution < 1.29 is 17.6 Å². The van der Waals surface area contributed by atoms with Gasteiger partial charge in [-0.25, -0.2) is 17.5 Å². The quantitative estimate of drug-likeness (QED) is 0.534. The van der Waals surface area contributed by atoms with Gasteiger partial charge in [-0.05, 0) is 68.1 Å². The molecule has 0 aliphatic heterocycles. The molecule has 0 fully saturated rings. The molecule has 0 saturated carbocycles. The molecular formula is C24H25FN2O3S. The van der Waals surface area contributed by atoms with Gasteiger partial charge in [0, 0.05) is 11.7 Å². The number of anilines is 1. The van der Waals surface area contributed by atoms with E-state index in [-0.39, 0.29) is 16.5 Å². The Morgan fingerprint density at radius 1 is 1.00 bits per heavy atom.